The molecule has 0 radical (unpaired) electrons. The lowest BCUT2D eigenvalue weighted by molar-refractivity contribution is 0.336. The molecule has 1 aliphatic heterocycles. The fourth-order valence-electron chi connectivity index (χ4n) is 2.09. The number of nitrogens with zero attached hydrogens (tertiary/aromatic N) is 2. The zero-order chi connectivity index (χ0) is 12.3. The highest BCUT2D eigenvalue weighted by molar-refractivity contribution is 9.10. The van der Waals surface area contributed by atoms with Crippen LogP contribution in [-0.4, -0.2) is 30.7 Å². The molecule has 2 heterocycles. The van der Waals surface area contributed by atoms with Gasteiger partial charge in [0.2, 0.25) is 0 Å². The number of piperidine rings is 1. The van der Waals surface area contributed by atoms with Gasteiger partial charge in [-0.2, -0.15) is 0 Å². The molecule has 1 fully saturated rings. The Morgan fingerprint density at radius 3 is 3.18 bits per heavy atom. The minimum absolute atomic E-state index is 0.267. The van der Waals surface area contributed by atoms with Crippen molar-refractivity contribution in [2.24, 2.45) is 5.73 Å². The highest BCUT2D eigenvalue weighted by atomic mass is 79.9. The summed E-state index contributed by atoms with van der Waals surface area (Å²) in [5.74, 6) is 0.796. The minimum atomic E-state index is 0.267. The van der Waals surface area contributed by atoms with Gasteiger partial charge in [-0.15, -0.1) is 0 Å². The first-order chi connectivity index (χ1) is 8.20. The van der Waals surface area contributed by atoms with Crippen LogP contribution in [0.3, 0.4) is 0 Å². The van der Waals surface area contributed by atoms with Crippen LogP contribution in [0.1, 0.15) is 19.8 Å². The van der Waals surface area contributed by atoms with E-state index in [9.17, 15) is 0 Å². The van der Waals surface area contributed by atoms with Gasteiger partial charge in [0.1, 0.15) is 4.60 Å². The maximum Gasteiger partial charge on any atom is 0.154 e. The van der Waals surface area contributed by atoms with Crippen molar-refractivity contribution in [3.05, 3.63) is 16.9 Å². The highest BCUT2D eigenvalue weighted by Crippen LogP contribution is 2.28. The van der Waals surface area contributed by atoms with E-state index in [1.54, 1.807) is 0 Å². The third-order valence-electron chi connectivity index (χ3n) is 2.92. The van der Waals surface area contributed by atoms with Crippen LogP contribution in [0, 0.1) is 0 Å². The summed E-state index contributed by atoms with van der Waals surface area (Å²) < 4.78 is 6.28. The van der Waals surface area contributed by atoms with Gasteiger partial charge in [-0.25, -0.2) is 4.98 Å². The quantitative estimate of drug-likeness (QED) is 0.869. The topological polar surface area (TPSA) is 51.4 Å². The average molecular weight is 300 g/mol. The van der Waals surface area contributed by atoms with Crippen molar-refractivity contribution in [2.75, 3.05) is 24.6 Å². The van der Waals surface area contributed by atoms with Crippen molar-refractivity contribution in [2.45, 2.75) is 25.8 Å². The Hall–Kier alpha value is -0.810. The highest BCUT2D eigenvalue weighted by Gasteiger charge is 2.18. The van der Waals surface area contributed by atoms with Crippen LogP contribution in [0.2, 0.25) is 0 Å². The molecule has 0 amide bonds. The first kappa shape index (κ1) is 12.6. The minimum Gasteiger partial charge on any atom is -0.491 e. The number of halogens is 1. The number of hydrogen-bond donors (Lipinski definition) is 1. The first-order valence-corrected chi connectivity index (χ1v) is 6.79. The predicted octanol–water partition coefficient (Wildman–Crippen LogP) is 2.17. The smallest absolute Gasteiger partial charge is 0.154 e. The largest absolute Gasteiger partial charge is 0.491 e. The molecule has 1 aromatic heterocycles. The van der Waals surface area contributed by atoms with Crippen molar-refractivity contribution in [3.63, 3.8) is 0 Å². The van der Waals surface area contributed by atoms with E-state index < -0.39 is 0 Å². The maximum absolute atomic E-state index is 5.99. The van der Waals surface area contributed by atoms with Crippen LogP contribution in [0.4, 0.5) is 5.69 Å². The molecule has 2 rings (SSSR count). The molecule has 0 unspecified atom stereocenters. The Kier molecular flexibility index (Phi) is 4.23. The summed E-state index contributed by atoms with van der Waals surface area (Å²) in [4.78, 5) is 6.58. The van der Waals surface area contributed by atoms with Crippen LogP contribution in [0.5, 0.6) is 5.75 Å². The summed E-state index contributed by atoms with van der Waals surface area (Å²) in [5, 5.41) is 0. The first-order valence-electron chi connectivity index (χ1n) is 5.99. The molecule has 94 valence electrons. The molecule has 0 saturated carbocycles. The summed E-state index contributed by atoms with van der Waals surface area (Å²) in [6, 6.07) is 2.29. The lowest BCUT2D eigenvalue weighted by Gasteiger charge is -2.32. The van der Waals surface area contributed by atoms with Crippen LogP contribution >= 0.6 is 15.9 Å². The van der Waals surface area contributed by atoms with E-state index in [0.29, 0.717) is 6.61 Å². The third-order valence-corrected chi connectivity index (χ3v) is 3.51. The second-order valence-corrected chi connectivity index (χ2v) is 5.01. The lowest BCUT2D eigenvalue weighted by atomic mass is 10.1. The molecule has 17 heavy (non-hydrogen) atoms. The SMILES string of the molecule is CCOc1cc(N2CCC[C@H](N)C2)cnc1Br. The van der Waals surface area contributed by atoms with Crippen molar-refractivity contribution in [3.8, 4) is 5.75 Å². The molecule has 4 nitrogen and oxygen atoms in total. The van der Waals surface area contributed by atoms with Gasteiger partial charge in [0.25, 0.3) is 0 Å². The second-order valence-electron chi connectivity index (χ2n) is 4.26. The summed E-state index contributed by atoms with van der Waals surface area (Å²) >= 11 is 3.39. The Labute approximate surface area is 110 Å². The fourth-order valence-corrected chi connectivity index (χ4v) is 2.42. The van der Waals surface area contributed by atoms with E-state index in [1.807, 2.05) is 19.2 Å². The molecule has 0 aliphatic carbocycles. The van der Waals surface area contributed by atoms with Crippen LogP contribution < -0.4 is 15.4 Å². The molecule has 2 N–H and O–H groups in total. The molecular formula is C12H18BrN3O. The Morgan fingerprint density at radius 2 is 2.47 bits per heavy atom. The molecule has 0 spiro atoms. The molecule has 1 aliphatic rings. The van der Waals surface area contributed by atoms with Gasteiger partial charge in [-0.3, -0.25) is 0 Å². The van der Waals surface area contributed by atoms with Gasteiger partial charge in [-0.1, -0.05) is 0 Å². The molecule has 0 aromatic carbocycles. The van der Waals surface area contributed by atoms with Crippen molar-refractivity contribution in [1.82, 2.24) is 4.98 Å². The van der Waals surface area contributed by atoms with Gasteiger partial charge in [0.15, 0.2) is 5.75 Å². The maximum atomic E-state index is 5.99. The fraction of sp³-hybridized carbons (Fsp3) is 0.583. The Balaban J connectivity index is 2.17. The molecule has 1 aromatic rings. The van der Waals surface area contributed by atoms with Gasteiger partial charge in [0, 0.05) is 25.2 Å². The van der Waals surface area contributed by atoms with Crippen LogP contribution in [-0.2, 0) is 0 Å². The lowest BCUT2D eigenvalue weighted by Crippen LogP contribution is -2.42. The van der Waals surface area contributed by atoms with E-state index >= 15 is 0 Å². The van der Waals surface area contributed by atoms with Gasteiger partial charge in [0.05, 0.1) is 18.5 Å². The standard InChI is InChI=1S/C12H18BrN3O/c1-2-17-11-6-10(7-15-12(11)13)16-5-3-4-9(14)8-16/h6-7,9H,2-5,8,14H2,1H3/t9-/m0/s1. The van der Waals surface area contributed by atoms with Crippen molar-refractivity contribution >= 4 is 21.6 Å². The van der Waals surface area contributed by atoms with Crippen molar-refractivity contribution < 1.29 is 4.74 Å². The molecule has 0 bridgehead atoms. The van der Waals surface area contributed by atoms with E-state index in [0.717, 1.165) is 42.0 Å². The number of nitrogens with two attached hydrogens (primary N) is 1. The number of pyridine rings is 1. The molecular weight excluding hydrogens is 282 g/mol. The number of aromatic nitrogens is 1. The van der Waals surface area contributed by atoms with E-state index in [1.165, 1.54) is 0 Å². The molecule has 1 saturated heterocycles. The van der Waals surface area contributed by atoms with Crippen molar-refractivity contribution in [1.29, 1.82) is 0 Å². The second kappa shape index (κ2) is 5.69. The van der Waals surface area contributed by atoms with Gasteiger partial charge >= 0.3 is 0 Å². The average Bonchev–Trinajstić information content (AvgIpc) is 2.32. The Bertz CT molecular complexity index is 386. The van der Waals surface area contributed by atoms with Crippen LogP contribution in [0.25, 0.3) is 0 Å². The number of rotatable bonds is 3. The summed E-state index contributed by atoms with van der Waals surface area (Å²) in [5.41, 5.74) is 7.08. The zero-order valence-corrected chi connectivity index (χ0v) is 11.6. The summed E-state index contributed by atoms with van der Waals surface area (Å²) in [6.45, 7) is 4.55. The number of ether oxygens (including phenoxy) is 1. The number of hydrogen-bond acceptors (Lipinski definition) is 4. The van der Waals surface area contributed by atoms with Gasteiger partial charge < -0.3 is 15.4 Å². The van der Waals surface area contributed by atoms with E-state index in [4.69, 9.17) is 10.5 Å². The third kappa shape index (κ3) is 3.10. The monoisotopic (exact) mass is 299 g/mol. The molecule has 5 heteroatoms. The Morgan fingerprint density at radius 1 is 1.65 bits per heavy atom. The number of anilines is 1. The molecule has 1 atom stereocenters. The predicted molar refractivity (Wildman–Crippen MR) is 72.5 cm³/mol. The van der Waals surface area contributed by atoms with E-state index in [-0.39, 0.29) is 6.04 Å². The summed E-state index contributed by atoms with van der Waals surface area (Å²) in [6.07, 6.45) is 4.12. The zero-order valence-electron chi connectivity index (χ0n) is 10.0. The summed E-state index contributed by atoms with van der Waals surface area (Å²) in [7, 11) is 0. The van der Waals surface area contributed by atoms with E-state index in [2.05, 4.69) is 25.8 Å². The normalized spacial score (nSPS) is 20.4. The van der Waals surface area contributed by atoms with Gasteiger partial charge in [-0.05, 0) is 35.7 Å². The van der Waals surface area contributed by atoms with Crippen LogP contribution in [0.15, 0.2) is 16.9 Å².